The minimum atomic E-state index is -4.10. The minimum absolute atomic E-state index is 0. The van der Waals surface area contributed by atoms with Crippen molar-refractivity contribution in [1.82, 2.24) is 10.2 Å². The highest BCUT2D eigenvalue weighted by Gasteiger charge is 2.32. The average molecular weight is 401 g/mol. The minimum Gasteiger partial charge on any atom is -0.314 e. The van der Waals surface area contributed by atoms with Gasteiger partial charge >= 0.3 is 6.18 Å². The fourth-order valence-corrected chi connectivity index (χ4v) is 4.09. The summed E-state index contributed by atoms with van der Waals surface area (Å²) in [6, 6.07) is 7.82. The summed E-state index contributed by atoms with van der Waals surface area (Å²) >= 11 is 1.62. The summed E-state index contributed by atoms with van der Waals surface area (Å²) in [6.45, 7) is 3.27. The van der Waals surface area contributed by atoms with Crippen molar-refractivity contribution >= 4 is 46.2 Å². The van der Waals surface area contributed by atoms with Crippen molar-refractivity contribution in [3.63, 3.8) is 0 Å². The molecular formula is C16H21Cl2F3N2S. The van der Waals surface area contributed by atoms with Crippen LogP contribution in [0.4, 0.5) is 13.2 Å². The van der Waals surface area contributed by atoms with Gasteiger partial charge in [0.15, 0.2) is 0 Å². The number of nitrogens with zero attached hydrogens (tertiary/aromatic N) is 1. The molecule has 0 aliphatic carbocycles. The summed E-state index contributed by atoms with van der Waals surface area (Å²) in [4.78, 5) is 2.19. The SMILES string of the molecule is Cl.Cl.FC(F)(F)CC[C@H](c1csc2ccccc12)N1CCNCC1. The largest absolute Gasteiger partial charge is 0.389 e. The molecule has 1 aliphatic heterocycles. The second-order valence-corrected chi connectivity index (χ2v) is 6.55. The first kappa shape index (κ1) is 21.5. The van der Waals surface area contributed by atoms with Crippen LogP contribution in [0.5, 0.6) is 0 Å². The van der Waals surface area contributed by atoms with E-state index in [1.165, 1.54) is 0 Å². The molecule has 0 bridgehead atoms. The predicted octanol–water partition coefficient (Wildman–Crippen LogP) is 5.03. The Bertz CT molecular complexity index is 627. The van der Waals surface area contributed by atoms with Crippen LogP contribution in [0.2, 0.25) is 0 Å². The number of piperazine rings is 1. The fourth-order valence-electron chi connectivity index (χ4n) is 3.09. The molecule has 1 atom stereocenters. The van der Waals surface area contributed by atoms with Gasteiger partial charge in [-0.2, -0.15) is 13.2 Å². The van der Waals surface area contributed by atoms with E-state index in [1.807, 2.05) is 29.6 Å². The molecule has 24 heavy (non-hydrogen) atoms. The number of hydrogen-bond acceptors (Lipinski definition) is 3. The van der Waals surface area contributed by atoms with E-state index in [0.29, 0.717) is 0 Å². The summed E-state index contributed by atoms with van der Waals surface area (Å²) in [5, 5.41) is 6.39. The van der Waals surface area contributed by atoms with Crippen LogP contribution in [0.15, 0.2) is 29.6 Å². The first-order chi connectivity index (χ1) is 10.5. The number of halogens is 5. The van der Waals surface area contributed by atoms with Crippen LogP contribution in [0.3, 0.4) is 0 Å². The third-order valence-electron chi connectivity index (χ3n) is 4.16. The van der Waals surface area contributed by atoms with Crippen LogP contribution in [0.25, 0.3) is 10.1 Å². The van der Waals surface area contributed by atoms with Crippen molar-refractivity contribution in [2.75, 3.05) is 26.2 Å². The van der Waals surface area contributed by atoms with Crippen LogP contribution < -0.4 is 5.32 Å². The molecular weight excluding hydrogens is 380 g/mol. The highest BCUT2D eigenvalue weighted by Crippen LogP contribution is 2.37. The first-order valence-electron chi connectivity index (χ1n) is 7.52. The molecule has 2 aromatic rings. The summed E-state index contributed by atoms with van der Waals surface area (Å²) in [6.07, 6.45) is -4.70. The molecule has 1 N–H and O–H groups in total. The fraction of sp³-hybridized carbons (Fsp3) is 0.500. The van der Waals surface area contributed by atoms with E-state index >= 15 is 0 Å². The molecule has 1 aliphatic rings. The van der Waals surface area contributed by atoms with Crippen LogP contribution in [-0.4, -0.2) is 37.3 Å². The maximum Gasteiger partial charge on any atom is 0.389 e. The molecule has 1 fully saturated rings. The normalized spacial score (nSPS) is 17.1. The van der Waals surface area contributed by atoms with E-state index in [-0.39, 0.29) is 37.3 Å². The number of fused-ring (bicyclic) bond motifs is 1. The molecule has 1 aromatic carbocycles. The summed E-state index contributed by atoms with van der Waals surface area (Å²) in [7, 11) is 0. The number of hydrogen-bond donors (Lipinski definition) is 1. The second kappa shape index (κ2) is 9.25. The lowest BCUT2D eigenvalue weighted by molar-refractivity contribution is -0.138. The Balaban J connectivity index is 0.00000144. The predicted molar refractivity (Wildman–Crippen MR) is 98.8 cm³/mol. The Morgan fingerprint density at radius 3 is 2.46 bits per heavy atom. The van der Waals surface area contributed by atoms with Gasteiger partial charge < -0.3 is 5.32 Å². The quantitative estimate of drug-likeness (QED) is 0.773. The van der Waals surface area contributed by atoms with Crippen LogP contribution in [-0.2, 0) is 0 Å². The Kier molecular flexibility index (Phi) is 8.29. The van der Waals surface area contributed by atoms with Crippen molar-refractivity contribution in [3.8, 4) is 0 Å². The Labute approximate surface area is 156 Å². The molecule has 0 radical (unpaired) electrons. The standard InChI is InChI=1S/C16H19F3N2S.2ClH/c17-16(18,19)6-5-14(21-9-7-20-8-10-21)13-11-22-15-4-2-1-3-12(13)15;;/h1-4,11,14,20H,5-10H2;2*1H/t14-;;/m1../s1. The van der Waals surface area contributed by atoms with E-state index in [2.05, 4.69) is 10.2 Å². The first-order valence-corrected chi connectivity index (χ1v) is 8.40. The average Bonchev–Trinajstić information content (AvgIpc) is 2.92. The third-order valence-corrected chi connectivity index (χ3v) is 5.15. The highest BCUT2D eigenvalue weighted by atomic mass is 35.5. The van der Waals surface area contributed by atoms with Gasteiger partial charge in [0.25, 0.3) is 0 Å². The molecule has 0 unspecified atom stereocenters. The number of rotatable bonds is 4. The molecule has 136 valence electrons. The van der Waals surface area contributed by atoms with E-state index in [1.54, 1.807) is 11.3 Å². The van der Waals surface area contributed by atoms with Crippen LogP contribution in [0.1, 0.15) is 24.4 Å². The van der Waals surface area contributed by atoms with Gasteiger partial charge in [-0.3, -0.25) is 4.90 Å². The molecule has 0 saturated carbocycles. The third kappa shape index (κ3) is 5.23. The van der Waals surface area contributed by atoms with Gasteiger partial charge in [-0.1, -0.05) is 18.2 Å². The highest BCUT2D eigenvalue weighted by molar-refractivity contribution is 7.17. The maximum absolute atomic E-state index is 12.7. The smallest absolute Gasteiger partial charge is 0.314 e. The number of thiophene rings is 1. The zero-order valence-electron chi connectivity index (χ0n) is 13.0. The molecule has 3 rings (SSSR count). The van der Waals surface area contributed by atoms with E-state index < -0.39 is 12.6 Å². The second-order valence-electron chi connectivity index (χ2n) is 5.64. The van der Waals surface area contributed by atoms with Gasteiger partial charge in [0.2, 0.25) is 0 Å². The maximum atomic E-state index is 12.7. The van der Waals surface area contributed by atoms with Gasteiger partial charge in [-0.05, 0) is 28.8 Å². The van der Waals surface area contributed by atoms with Gasteiger partial charge in [0.1, 0.15) is 0 Å². The van der Waals surface area contributed by atoms with Crippen LogP contribution >= 0.6 is 36.2 Å². The van der Waals surface area contributed by atoms with E-state index in [4.69, 9.17) is 0 Å². The number of benzene rings is 1. The number of alkyl halides is 3. The summed E-state index contributed by atoms with van der Waals surface area (Å²) < 4.78 is 39.3. The molecule has 1 saturated heterocycles. The van der Waals surface area contributed by atoms with E-state index in [9.17, 15) is 13.2 Å². The molecule has 0 amide bonds. The Morgan fingerprint density at radius 2 is 1.79 bits per heavy atom. The van der Waals surface area contributed by atoms with Crippen molar-refractivity contribution in [2.24, 2.45) is 0 Å². The van der Waals surface area contributed by atoms with Gasteiger partial charge in [-0.15, -0.1) is 36.2 Å². The van der Waals surface area contributed by atoms with Crippen molar-refractivity contribution in [3.05, 3.63) is 35.2 Å². The van der Waals surface area contributed by atoms with Crippen molar-refractivity contribution in [1.29, 1.82) is 0 Å². The van der Waals surface area contributed by atoms with Gasteiger partial charge in [0, 0.05) is 43.3 Å². The summed E-state index contributed by atoms with van der Waals surface area (Å²) in [5.74, 6) is 0. The van der Waals surface area contributed by atoms with Gasteiger partial charge in [0.05, 0.1) is 0 Å². The molecule has 1 aromatic heterocycles. The van der Waals surface area contributed by atoms with Crippen molar-refractivity contribution in [2.45, 2.75) is 25.1 Å². The summed E-state index contributed by atoms with van der Waals surface area (Å²) in [5.41, 5.74) is 1.05. The lowest BCUT2D eigenvalue weighted by Crippen LogP contribution is -2.45. The van der Waals surface area contributed by atoms with E-state index in [0.717, 1.165) is 41.8 Å². The molecule has 0 spiro atoms. The van der Waals surface area contributed by atoms with Crippen LogP contribution in [0, 0.1) is 0 Å². The molecule has 2 nitrogen and oxygen atoms in total. The zero-order valence-corrected chi connectivity index (χ0v) is 15.5. The molecule has 2 heterocycles. The van der Waals surface area contributed by atoms with Crippen molar-refractivity contribution < 1.29 is 13.2 Å². The zero-order chi connectivity index (χ0) is 15.6. The number of nitrogens with one attached hydrogen (secondary N) is 1. The topological polar surface area (TPSA) is 15.3 Å². The van der Waals surface area contributed by atoms with Gasteiger partial charge in [-0.25, -0.2) is 0 Å². The molecule has 8 heteroatoms. The Morgan fingerprint density at radius 1 is 1.12 bits per heavy atom. The monoisotopic (exact) mass is 400 g/mol. The lowest BCUT2D eigenvalue weighted by atomic mass is 9.98. The Hall–Kier alpha value is -0.530. The lowest BCUT2D eigenvalue weighted by Gasteiger charge is -2.35.